The minimum Gasteiger partial charge on any atom is -0.512 e. The van der Waals surface area contributed by atoms with E-state index in [0.29, 0.717) is 36.3 Å². The highest BCUT2D eigenvalue weighted by Gasteiger charge is 2.22. The van der Waals surface area contributed by atoms with E-state index in [1.54, 1.807) is 0 Å². The van der Waals surface area contributed by atoms with Crippen molar-refractivity contribution in [2.24, 2.45) is 0 Å². The van der Waals surface area contributed by atoms with E-state index in [1.807, 2.05) is 24.3 Å². The van der Waals surface area contributed by atoms with Crippen molar-refractivity contribution in [1.82, 2.24) is 4.72 Å². The van der Waals surface area contributed by atoms with Gasteiger partial charge >= 0.3 is 0 Å². The maximum absolute atomic E-state index is 12.3. The van der Waals surface area contributed by atoms with Crippen molar-refractivity contribution < 1.29 is 18.3 Å². The van der Waals surface area contributed by atoms with Gasteiger partial charge in [-0.2, -0.15) is 0 Å². The summed E-state index contributed by atoms with van der Waals surface area (Å²) in [6, 6.07) is 13.6. The largest absolute Gasteiger partial charge is 0.512 e. The second-order valence-electron chi connectivity index (χ2n) is 6.45. The van der Waals surface area contributed by atoms with Gasteiger partial charge in [0.1, 0.15) is 0 Å². The Kier molecular flexibility index (Phi) is 5.99. The Morgan fingerprint density at radius 3 is 2.41 bits per heavy atom. The topological polar surface area (TPSA) is 83.5 Å². The number of ketones is 1. The summed E-state index contributed by atoms with van der Waals surface area (Å²) in [5.41, 5.74) is 2.36. The molecule has 0 radical (unpaired) electrons. The molecule has 2 aromatic carbocycles. The van der Waals surface area contributed by atoms with Gasteiger partial charge in [-0.15, -0.1) is 0 Å². The molecule has 5 nitrogen and oxygen atoms in total. The monoisotopic (exact) mass is 405 g/mol. The molecule has 27 heavy (non-hydrogen) atoms. The summed E-state index contributed by atoms with van der Waals surface area (Å²) in [6.45, 7) is 0.251. The quantitative estimate of drug-likeness (QED) is 0.737. The van der Waals surface area contributed by atoms with E-state index in [0.717, 1.165) is 11.1 Å². The molecule has 2 N–H and O–H groups in total. The van der Waals surface area contributed by atoms with Crippen LogP contribution in [0.25, 0.3) is 0 Å². The predicted octanol–water partition coefficient (Wildman–Crippen LogP) is 3.58. The molecule has 0 spiro atoms. The van der Waals surface area contributed by atoms with Crippen LogP contribution in [-0.4, -0.2) is 25.9 Å². The van der Waals surface area contributed by atoms with Gasteiger partial charge in [0.05, 0.1) is 10.7 Å². The molecule has 0 saturated carbocycles. The summed E-state index contributed by atoms with van der Waals surface area (Å²) in [4.78, 5) is 12.0. The molecule has 2 aromatic rings. The molecule has 0 fully saturated rings. The number of Topliss-reactive ketones (excluding diaryl/α,β-unsaturated/α-hetero) is 1. The standard InChI is InChI=1S/C20H20ClNO4S/c21-16-4-6-17(7-5-16)27(25,26)22-11-10-14-2-1-3-15(12-14)13-18-19(23)8-9-20(18)24/h1-7,12,22-23H,8-11,13H2. The van der Waals surface area contributed by atoms with Crippen molar-refractivity contribution in [1.29, 1.82) is 0 Å². The van der Waals surface area contributed by atoms with Gasteiger partial charge in [-0.05, 0) is 41.8 Å². The van der Waals surface area contributed by atoms with Crippen LogP contribution in [0.2, 0.25) is 5.02 Å². The first kappa shape index (κ1) is 19.6. The molecule has 142 valence electrons. The fraction of sp³-hybridized carbons (Fsp3) is 0.250. The first-order chi connectivity index (χ1) is 12.8. The van der Waals surface area contributed by atoms with Crippen molar-refractivity contribution in [3.8, 4) is 0 Å². The Morgan fingerprint density at radius 2 is 1.74 bits per heavy atom. The van der Waals surface area contributed by atoms with Crippen LogP contribution in [0.1, 0.15) is 24.0 Å². The summed E-state index contributed by atoms with van der Waals surface area (Å²) in [5.74, 6) is 0.176. The molecule has 1 aliphatic carbocycles. The van der Waals surface area contributed by atoms with Crippen LogP contribution in [0.15, 0.2) is 64.8 Å². The van der Waals surface area contributed by atoms with E-state index < -0.39 is 10.0 Å². The Hall–Kier alpha value is -2.15. The third kappa shape index (κ3) is 4.97. The number of carbonyl (C=O) groups excluding carboxylic acids is 1. The smallest absolute Gasteiger partial charge is 0.240 e. The average Bonchev–Trinajstić information content (AvgIpc) is 2.94. The molecule has 0 amide bonds. The summed E-state index contributed by atoms with van der Waals surface area (Å²) < 4.78 is 27.1. The van der Waals surface area contributed by atoms with Gasteiger partial charge in [-0.25, -0.2) is 13.1 Å². The van der Waals surface area contributed by atoms with E-state index in [4.69, 9.17) is 11.6 Å². The molecule has 0 bridgehead atoms. The Labute approximate surface area is 163 Å². The van der Waals surface area contributed by atoms with Crippen molar-refractivity contribution in [3.63, 3.8) is 0 Å². The number of hydrogen-bond donors (Lipinski definition) is 2. The van der Waals surface area contributed by atoms with E-state index in [9.17, 15) is 18.3 Å². The number of sulfonamides is 1. The van der Waals surface area contributed by atoms with Crippen LogP contribution >= 0.6 is 11.6 Å². The third-order valence-corrected chi connectivity index (χ3v) is 6.20. The lowest BCUT2D eigenvalue weighted by molar-refractivity contribution is -0.115. The molecule has 0 aliphatic heterocycles. The van der Waals surface area contributed by atoms with Gasteiger partial charge in [0.2, 0.25) is 10.0 Å². The first-order valence-corrected chi connectivity index (χ1v) is 10.5. The number of carbonyl (C=O) groups is 1. The van der Waals surface area contributed by atoms with Gasteiger partial charge in [-0.1, -0.05) is 35.9 Å². The minimum atomic E-state index is -3.58. The lowest BCUT2D eigenvalue weighted by Crippen LogP contribution is -2.26. The molecule has 1 aliphatic rings. The first-order valence-electron chi connectivity index (χ1n) is 8.62. The zero-order chi connectivity index (χ0) is 19.4. The van der Waals surface area contributed by atoms with Crippen LogP contribution in [0, 0.1) is 0 Å². The highest BCUT2D eigenvalue weighted by Crippen LogP contribution is 2.24. The molecular weight excluding hydrogens is 386 g/mol. The summed E-state index contributed by atoms with van der Waals surface area (Å²) in [6.07, 6.45) is 1.70. The number of halogens is 1. The maximum atomic E-state index is 12.3. The maximum Gasteiger partial charge on any atom is 0.240 e. The Bertz CT molecular complexity index is 981. The summed E-state index contributed by atoms with van der Waals surface area (Å²) in [5, 5.41) is 10.3. The molecule has 0 atom stereocenters. The number of allylic oxidation sites excluding steroid dienone is 2. The zero-order valence-electron chi connectivity index (χ0n) is 14.6. The van der Waals surface area contributed by atoms with Crippen molar-refractivity contribution >= 4 is 27.4 Å². The molecular formula is C20H20ClNO4S. The van der Waals surface area contributed by atoms with Gasteiger partial charge in [0, 0.05) is 36.4 Å². The Morgan fingerprint density at radius 1 is 1.04 bits per heavy atom. The van der Waals surface area contributed by atoms with Crippen LogP contribution < -0.4 is 4.72 Å². The number of aliphatic hydroxyl groups excluding tert-OH is 1. The van der Waals surface area contributed by atoms with Gasteiger partial charge in [0.15, 0.2) is 5.78 Å². The highest BCUT2D eigenvalue weighted by molar-refractivity contribution is 7.89. The van der Waals surface area contributed by atoms with Gasteiger partial charge in [0.25, 0.3) is 0 Å². The zero-order valence-corrected chi connectivity index (χ0v) is 16.2. The van der Waals surface area contributed by atoms with E-state index in [1.165, 1.54) is 24.3 Å². The van der Waals surface area contributed by atoms with Gasteiger partial charge in [-0.3, -0.25) is 4.79 Å². The lowest BCUT2D eigenvalue weighted by Gasteiger charge is -2.09. The van der Waals surface area contributed by atoms with Crippen molar-refractivity contribution in [3.05, 3.63) is 76.0 Å². The second kappa shape index (κ2) is 8.25. The van der Waals surface area contributed by atoms with Crippen LogP contribution in [0.5, 0.6) is 0 Å². The molecule has 0 aromatic heterocycles. The summed E-state index contributed by atoms with van der Waals surface area (Å²) in [7, 11) is -3.58. The molecule has 0 heterocycles. The van der Waals surface area contributed by atoms with Crippen molar-refractivity contribution in [2.75, 3.05) is 6.54 Å². The SMILES string of the molecule is O=C1CCC(O)=C1Cc1cccc(CCNS(=O)(=O)c2ccc(Cl)cc2)c1. The van der Waals surface area contributed by atoms with Crippen LogP contribution in [-0.2, 0) is 27.7 Å². The van der Waals surface area contributed by atoms with Crippen molar-refractivity contribution in [2.45, 2.75) is 30.6 Å². The number of aliphatic hydroxyl groups is 1. The molecule has 3 rings (SSSR count). The van der Waals surface area contributed by atoms with E-state index in [-0.39, 0.29) is 23.0 Å². The molecule has 0 unspecified atom stereocenters. The number of nitrogens with one attached hydrogen (secondary N) is 1. The molecule has 0 saturated heterocycles. The summed E-state index contributed by atoms with van der Waals surface area (Å²) >= 11 is 5.78. The number of benzene rings is 2. The number of hydrogen-bond acceptors (Lipinski definition) is 4. The van der Waals surface area contributed by atoms with Crippen LogP contribution in [0.4, 0.5) is 0 Å². The Balaban J connectivity index is 1.61. The van der Waals surface area contributed by atoms with E-state index in [2.05, 4.69) is 4.72 Å². The third-order valence-electron chi connectivity index (χ3n) is 4.48. The highest BCUT2D eigenvalue weighted by atomic mass is 35.5. The fourth-order valence-corrected chi connectivity index (χ4v) is 4.18. The normalized spacial score (nSPS) is 14.8. The average molecular weight is 406 g/mol. The second-order valence-corrected chi connectivity index (χ2v) is 8.65. The minimum absolute atomic E-state index is 0.00590. The number of rotatable bonds is 7. The van der Waals surface area contributed by atoms with Crippen LogP contribution in [0.3, 0.4) is 0 Å². The van der Waals surface area contributed by atoms with Gasteiger partial charge < -0.3 is 5.11 Å². The lowest BCUT2D eigenvalue weighted by atomic mass is 10.0. The molecule has 7 heteroatoms. The van der Waals surface area contributed by atoms with E-state index >= 15 is 0 Å². The predicted molar refractivity (Wildman–Crippen MR) is 104 cm³/mol. The fourth-order valence-electron chi connectivity index (χ4n) is 3.02.